The zero-order valence-electron chi connectivity index (χ0n) is 15.9. The third-order valence-corrected chi connectivity index (χ3v) is 6.18. The van der Waals surface area contributed by atoms with Gasteiger partial charge < -0.3 is 9.30 Å². The van der Waals surface area contributed by atoms with Crippen LogP contribution in [0.2, 0.25) is 0 Å². The van der Waals surface area contributed by atoms with Gasteiger partial charge in [0.1, 0.15) is 12.4 Å². The molecule has 3 rings (SSSR count). The van der Waals surface area contributed by atoms with E-state index in [9.17, 15) is 26.8 Å². The Bertz CT molecular complexity index is 1330. The van der Waals surface area contributed by atoms with E-state index in [0.29, 0.717) is 6.07 Å². The Balaban J connectivity index is 2.23. The van der Waals surface area contributed by atoms with Crippen molar-refractivity contribution in [3.8, 4) is 0 Å². The number of benzene rings is 2. The summed E-state index contributed by atoms with van der Waals surface area (Å²) < 4.78 is 58.1. The highest BCUT2D eigenvalue weighted by Gasteiger charge is 2.20. The van der Waals surface area contributed by atoms with Crippen molar-refractivity contribution in [3.63, 3.8) is 0 Å². The molecule has 0 radical (unpaired) electrons. The van der Waals surface area contributed by atoms with Crippen molar-refractivity contribution < 1.29 is 31.5 Å². The van der Waals surface area contributed by atoms with Crippen molar-refractivity contribution >= 4 is 43.3 Å². The summed E-state index contributed by atoms with van der Waals surface area (Å²) in [6.45, 7) is 1.23. The van der Waals surface area contributed by atoms with Gasteiger partial charge in [0, 0.05) is 12.3 Å². The summed E-state index contributed by atoms with van der Waals surface area (Å²) in [4.78, 5) is 28.3. The van der Waals surface area contributed by atoms with E-state index in [1.807, 2.05) is 0 Å². The second-order valence-corrected chi connectivity index (χ2v) is 9.19. The van der Waals surface area contributed by atoms with E-state index in [0.717, 1.165) is 28.2 Å². The molecule has 1 amide bonds. The molecule has 0 bridgehead atoms. The van der Waals surface area contributed by atoms with Crippen LogP contribution in [0, 0.1) is 11.6 Å². The summed E-state index contributed by atoms with van der Waals surface area (Å²) in [5, 5.41) is 0. The molecule has 1 heterocycles. The zero-order chi connectivity index (χ0) is 22.1. The molecule has 0 unspecified atom stereocenters. The first-order valence-corrected chi connectivity index (χ1v) is 11.3. The molecular formula is C19H16F2N2O5S2. The third kappa shape index (κ3) is 4.46. The topological polar surface area (TPSA) is 94.8 Å². The average Bonchev–Trinajstić information content (AvgIpc) is 2.98. The second kappa shape index (κ2) is 8.44. The Labute approximate surface area is 174 Å². The standard InChI is InChI=1S/C19H16F2N2O5S2/c1-3-28-16(24)10-23-17-13(21)8-11(20)9-14(17)29-19(23)22-18(25)12-6-4-5-7-15(12)30(2,26)27/h4-9H,3,10H2,1-2H3. The van der Waals surface area contributed by atoms with E-state index in [1.165, 1.54) is 24.3 Å². The Kier molecular flexibility index (Phi) is 6.13. The summed E-state index contributed by atoms with van der Waals surface area (Å²) in [6.07, 6.45) is 0.956. The normalized spacial score (nSPS) is 12.3. The fourth-order valence-electron chi connectivity index (χ4n) is 2.81. The number of ether oxygens (including phenoxy) is 1. The van der Waals surface area contributed by atoms with Crippen LogP contribution in [-0.2, 0) is 25.9 Å². The lowest BCUT2D eigenvalue weighted by atomic mass is 10.2. The van der Waals surface area contributed by atoms with Crippen LogP contribution in [0.3, 0.4) is 0 Å². The van der Waals surface area contributed by atoms with Gasteiger partial charge in [0.2, 0.25) is 0 Å². The molecule has 0 fully saturated rings. The van der Waals surface area contributed by atoms with Crippen molar-refractivity contribution in [2.24, 2.45) is 4.99 Å². The van der Waals surface area contributed by atoms with Crippen LogP contribution in [0.15, 0.2) is 46.3 Å². The molecular weight excluding hydrogens is 438 g/mol. The molecule has 11 heteroatoms. The Morgan fingerprint density at radius 3 is 2.57 bits per heavy atom. The fraction of sp³-hybridized carbons (Fsp3) is 0.211. The first kappa shape index (κ1) is 21.8. The zero-order valence-corrected chi connectivity index (χ0v) is 17.5. The number of hydrogen-bond acceptors (Lipinski definition) is 6. The molecule has 158 valence electrons. The Morgan fingerprint density at radius 1 is 1.20 bits per heavy atom. The molecule has 0 spiro atoms. The van der Waals surface area contributed by atoms with Gasteiger partial charge in [0.15, 0.2) is 20.5 Å². The van der Waals surface area contributed by atoms with Crippen LogP contribution >= 0.6 is 11.3 Å². The van der Waals surface area contributed by atoms with Crippen molar-refractivity contribution in [2.45, 2.75) is 18.4 Å². The molecule has 7 nitrogen and oxygen atoms in total. The summed E-state index contributed by atoms with van der Waals surface area (Å²) >= 11 is 0.787. The van der Waals surface area contributed by atoms with Crippen molar-refractivity contribution in [3.05, 3.63) is 58.4 Å². The summed E-state index contributed by atoms with van der Waals surface area (Å²) in [5.41, 5.74) is -0.288. The van der Waals surface area contributed by atoms with Gasteiger partial charge in [-0.1, -0.05) is 23.5 Å². The molecule has 0 saturated heterocycles. The highest BCUT2D eigenvalue weighted by atomic mass is 32.2. The molecule has 3 aromatic rings. The van der Waals surface area contributed by atoms with E-state index in [-0.39, 0.29) is 32.1 Å². The molecule has 1 aromatic heterocycles. The number of carbonyl (C=O) groups is 2. The van der Waals surface area contributed by atoms with Crippen LogP contribution in [0.25, 0.3) is 10.2 Å². The van der Waals surface area contributed by atoms with Gasteiger partial charge in [-0.05, 0) is 25.1 Å². The molecule has 0 saturated carbocycles. The van der Waals surface area contributed by atoms with E-state index in [2.05, 4.69) is 4.99 Å². The van der Waals surface area contributed by atoms with Gasteiger partial charge in [-0.2, -0.15) is 4.99 Å². The predicted octanol–water partition coefficient (Wildman–Crippen LogP) is 2.69. The highest BCUT2D eigenvalue weighted by molar-refractivity contribution is 7.90. The van der Waals surface area contributed by atoms with E-state index < -0.39 is 39.9 Å². The second-order valence-electron chi connectivity index (χ2n) is 6.20. The molecule has 0 aliphatic heterocycles. The average molecular weight is 454 g/mol. The molecule has 0 N–H and O–H groups in total. The quantitative estimate of drug-likeness (QED) is 0.553. The predicted molar refractivity (Wildman–Crippen MR) is 106 cm³/mol. The van der Waals surface area contributed by atoms with Gasteiger partial charge in [-0.15, -0.1) is 0 Å². The third-order valence-electron chi connectivity index (χ3n) is 4.00. The number of amides is 1. The lowest BCUT2D eigenvalue weighted by molar-refractivity contribution is -0.143. The van der Waals surface area contributed by atoms with Crippen LogP contribution in [0.5, 0.6) is 0 Å². The maximum atomic E-state index is 14.4. The van der Waals surface area contributed by atoms with E-state index in [1.54, 1.807) is 6.92 Å². The number of fused-ring (bicyclic) bond motifs is 1. The summed E-state index contributed by atoms with van der Waals surface area (Å²) in [5.74, 6) is -3.37. The summed E-state index contributed by atoms with van der Waals surface area (Å²) in [7, 11) is -3.71. The minimum Gasteiger partial charge on any atom is -0.465 e. The maximum absolute atomic E-state index is 14.4. The number of aromatic nitrogens is 1. The minimum atomic E-state index is -3.71. The number of carbonyl (C=O) groups excluding carboxylic acids is 2. The van der Waals surface area contributed by atoms with Crippen LogP contribution in [0.4, 0.5) is 8.78 Å². The van der Waals surface area contributed by atoms with Crippen molar-refractivity contribution in [1.82, 2.24) is 4.57 Å². The number of esters is 1. The van der Waals surface area contributed by atoms with Gasteiger partial charge in [0.05, 0.1) is 27.3 Å². The van der Waals surface area contributed by atoms with Gasteiger partial charge in [-0.25, -0.2) is 17.2 Å². The van der Waals surface area contributed by atoms with Gasteiger partial charge in [-0.3, -0.25) is 9.59 Å². The number of rotatable bonds is 5. The largest absolute Gasteiger partial charge is 0.465 e. The first-order chi connectivity index (χ1) is 14.1. The SMILES string of the molecule is CCOC(=O)Cn1c(=NC(=O)c2ccccc2S(C)(=O)=O)sc2cc(F)cc(F)c21. The van der Waals surface area contributed by atoms with E-state index >= 15 is 0 Å². The maximum Gasteiger partial charge on any atom is 0.326 e. The highest BCUT2D eigenvalue weighted by Crippen LogP contribution is 2.23. The van der Waals surface area contributed by atoms with Crippen LogP contribution in [0.1, 0.15) is 17.3 Å². The minimum absolute atomic E-state index is 0.0890. The number of thiazole rings is 1. The molecule has 0 aliphatic carbocycles. The van der Waals surface area contributed by atoms with Crippen LogP contribution in [-0.4, -0.2) is 37.7 Å². The number of sulfone groups is 1. The fourth-order valence-corrected chi connectivity index (χ4v) is 4.76. The van der Waals surface area contributed by atoms with Crippen LogP contribution < -0.4 is 4.80 Å². The number of halogens is 2. The molecule has 0 aliphatic rings. The smallest absolute Gasteiger partial charge is 0.326 e. The summed E-state index contributed by atoms with van der Waals surface area (Å²) in [6, 6.07) is 7.21. The molecule has 0 atom stereocenters. The first-order valence-electron chi connectivity index (χ1n) is 8.64. The molecule has 2 aromatic carbocycles. The van der Waals surface area contributed by atoms with Gasteiger partial charge >= 0.3 is 5.97 Å². The monoisotopic (exact) mass is 454 g/mol. The van der Waals surface area contributed by atoms with Crippen molar-refractivity contribution in [2.75, 3.05) is 12.9 Å². The Hall–Kier alpha value is -2.92. The lowest BCUT2D eigenvalue weighted by Crippen LogP contribution is -2.23. The molecule has 30 heavy (non-hydrogen) atoms. The van der Waals surface area contributed by atoms with E-state index in [4.69, 9.17) is 4.74 Å². The number of nitrogens with zero attached hydrogens (tertiary/aromatic N) is 2. The Morgan fingerprint density at radius 2 is 1.90 bits per heavy atom. The lowest BCUT2D eigenvalue weighted by Gasteiger charge is -2.06. The van der Waals surface area contributed by atoms with Gasteiger partial charge in [0.25, 0.3) is 5.91 Å². The van der Waals surface area contributed by atoms with Crippen molar-refractivity contribution in [1.29, 1.82) is 0 Å². The number of hydrogen-bond donors (Lipinski definition) is 0.